The number of hydrogen-bond acceptors (Lipinski definition) is 4. The van der Waals surface area contributed by atoms with E-state index in [1.54, 1.807) is 24.0 Å². The van der Waals surface area contributed by atoms with Crippen LogP contribution in [0.15, 0.2) is 12.1 Å². The maximum Gasteiger partial charge on any atom is 0.306 e. The molecule has 6 nitrogen and oxygen atoms in total. The highest BCUT2D eigenvalue weighted by Gasteiger charge is 2.27. The zero-order valence-corrected chi connectivity index (χ0v) is 11.6. The van der Waals surface area contributed by atoms with Gasteiger partial charge in [-0.25, -0.2) is 0 Å². The van der Waals surface area contributed by atoms with Crippen LogP contribution < -0.4 is 0 Å². The third kappa shape index (κ3) is 3.33. The number of morpholine rings is 1. The third-order valence-electron chi connectivity index (χ3n) is 3.28. The van der Waals surface area contributed by atoms with Crippen molar-refractivity contribution in [2.45, 2.75) is 26.4 Å². The van der Waals surface area contributed by atoms with Gasteiger partial charge in [0.05, 0.1) is 30.4 Å². The van der Waals surface area contributed by atoms with Crippen molar-refractivity contribution >= 4 is 11.9 Å². The predicted octanol–water partition coefficient (Wildman–Crippen LogP) is 1.01. The summed E-state index contributed by atoms with van der Waals surface area (Å²) in [6, 6.07) is 3.57. The van der Waals surface area contributed by atoms with Crippen LogP contribution in [-0.4, -0.2) is 52.7 Å². The molecule has 1 N–H and O–H groups in total. The molecule has 2 rings (SSSR count). The Balaban J connectivity index is 2.10. The van der Waals surface area contributed by atoms with Crippen LogP contribution in [-0.2, 0) is 9.53 Å². The van der Waals surface area contributed by atoms with Crippen molar-refractivity contribution < 1.29 is 19.4 Å². The van der Waals surface area contributed by atoms with Crippen LogP contribution in [0.2, 0.25) is 0 Å². The summed E-state index contributed by atoms with van der Waals surface area (Å²) in [5, 5.41) is 8.79. The van der Waals surface area contributed by atoms with Crippen molar-refractivity contribution in [2.75, 3.05) is 19.7 Å². The number of aryl methyl sites for hydroxylation is 2. The van der Waals surface area contributed by atoms with Gasteiger partial charge >= 0.3 is 5.97 Å². The molecular weight excluding hydrogens is 260 g/mol. The van der Waals surface area contributed by atoms with E-state index in [-0.39, 0.29) is 12.3 Å². The van der Waals surface area contributed by atoms with Gasteiger partial charge in [-0.2, -0.15) is 0 Å². The van der Waals surface area contributed by atoms with Gasteiger partial charge in [-0.3, -0.25) is 14.6 Å². The van der Waals surface area contributed by atoms with Crippen molar-refractivity contribution in [2.24, 2.45) is 0 Å². The van der Waals surface area contributed by atoms with Crippen LogP contribution in [0, 0.1) is 13.8 Å². The van der Waals surface area contributed by atoms with Crippen molar-refractivity contribution in [3.05, 3.63) is 29.1 Å². The summed E-state index contributed by atoms with van der Waals surface area (Å²) in [7, 11) is 0. The normalized spacial score (nSPS) is 18.9. The average molecular weight is 278 g/mol. The van der Waals surface area contributed by atoms with Gasteiger partial charge in [-0.1, -0.05) is 0 Å². The van der Waals surface area contributed by atoms with Crippen LogP contribution in [0.4, 0.5) is 0 Å². The van der Waals surface area contributed by atoms with E-state index < -0.39 is 12.1 Å². The number of rotatable bonds is 3. The third-order valence-corrected chi connectivity index (χ3v) is 3.28. The Labute approximate surface area is 117 Å². The Bertz CT molecular complexity index is 530. The van der Waals surface area contributed by atoms with Gasteiger partial charge in [0.15, 0.2) is 0 Å². The first-order valence-corrected chi connectivity index (χ1v) is 6.54. The molecule has 0 bridgehead atoms. The van der Waals surface area contributed by atoms with E-state index in [1.807, 2.05) is 6.92 Å². The van der Waals surface area contributed by atoms with Gasteiger partial charge in [0.2, 0.25) is 0 Å². The van der Waals surface area contributed by atoms with Gasteiger partial charge in [0, 0.05) is 18.8 Å². The maximum atomic E-state index is 12.4. The van der Waals surface area contributed by atoms with E-state index in [0.29, 0.717) is 31.0 Å². The van der Waals surface area contributed by atoms with E-state index in [4.69, 9.17) is 9.84 Å². The Morgan fingerprint density at radius 1 is 1.45 bits per heavy atom. The fraction of sp³-hybridized carbons (Fsp3) is 0.500. The number of carbonyl (C=O) groups excluding carboxylic acids is 1. The molecule has 0 aliphatic carbocycles. The van der Waals surface area contributed by atoms with Crippen LogP contribution in [0.5, 0.6) is 0 Å². The lowest BCUT2D eigenvalue weighted by Crippen LogP contribution is -2.46. The average Bonchev–Trinajstić information content (AvgIpc) is 2.37. The largest absolute Gasteiger partial charge is 0.481 e. The predicted molar refractivity (Wildman–Crippen MR) is 71.6 cm³/mol. The first-order chi connectivity index (χ1) is 9.47. The molecule has 1 aromatic heterocycles. The molecule has 6 heteroatoms. The molecule has 1 saturated heterocycles. The molecule has 1 atom stereocenters. The van der Waals surface area contributed by atoms with Crippen LogP contribution >= 0.6 is 0 Å². The number of hydrogen-bond donors (Lipinski definition) is 1. The van der Waals surface area contributed by atoms with Crippen LogP contribution in [0.25, 0.3) is 0 Å². The molecule has 20 heavy (non-hydrogen) atoms. The van der Waals surface area contributed by atoms with Crippen LogP contribution in [0.3, 0.4) is 0 Å². The van der Waals surface area contributed by atoms with E-state index in [0.717, 1.165) is 5.69 Å². The minimum Gasteiger partial charge on any atom is -0.481 e. The Morgan fingerprint density at radius 2 is 2.20 bits per heavy atom. The first-order valence-electron chi connectivity index (χ1n) is 6.54. The van der Waals surface area contributed by atoms with Gasteiger partial charge in [-0.15, -0.1) is 0 Å². The molecule has 2 heterocycles. The summed E-state index contributed by atoms with van der Waals surface area (Å²) in [6.07, 6.45) is -0.529. The number of aromatic nitrogens is 1. The zero-order chi connectivity index (χ0) is 14.7. The zero-order valence-electron chi connectivity index (χ0n) is 11.6. The lowest BCUT2D eigenvalue weighted by molar-refractivity contribution is -0.141. The maximum absolute atomic E-state index is 12.4. The number of carbonyl (C=O) groups is 2. The number of nitrogens with zero attached hydrogens (tertiary/aromatic N) is 2. The summed E-state index contributed by atoms with van der Waals surface area (Å²) in [5.41, 5.74) is 2.12. The summed E-state index contributed by atoms with van der Waals surface area (Å²) in [6.45, 7) is 4.82. The highest BCUT2D eigenvalue weighted by molar-refractivity contribution is 5.95. The van der Waals surface area contributed by atoms with Crippen molar-refractivity contribution in [1.29, 1.82) is 0 Å². The number of carboxylic acids is 1. The van der Waals surface area contributed by atoms with Gasteiger partial charge in [0.1, 0.15) is 0 Å². The minimum atomic E-state index is -0.919. The molecular formula is C14H18N2O4. The van der Waals surface area contributed by atoms with Crippen molar-refractivity contribution in [3.63, 3.8) is 0 Å². The topological polar surface area (TPSA) is 79.7 Å². The van der Waals surface area contributed by atoms with E-state index >= 15 is 0 Å². The molecule has 0 radical (unpaired) electrons. The summed E-state index contributed by atoms with van der Waals surface area (Å²) in [5.74, 6) is -1.04. The molecule has 1 aromatic rings. The number of carboxylic acid groups (broad SMARTS) is 1. The first kappa shape index (κ1) is 14.5. The smallest absolute Gasteiger partial charge is 0.306 e. The second-order valence-corrected chi connectivity index (χ2v) is 4.93. The minimum absolute atomic E-state index is 0.0884. The fourth-order valence-corrected chi connectivity index (χ4v) is 2.31. The molecule has 1 unspecified atom stereocenters. The lowest BCUT2D eigenvalue weighted by Gasteiger charge is -2.32. The van der Waals surface area contributed by atoms with E-state index in [1.165, 1.54) is 0 Å². The lowest BCUT2D eigenvalue weighted by atomic mass is 10.1. The number of ether oxygens (including phenoxy) is 1. The Hall–Kier alpha value is -1.95. The molecule has 108 valence electrons. The molecule has 1 aliphatic heterocycles. The summed E-state index contributed by atoms with van der Waals surface area (Å²) < 4.78 is 5.36. The second-order valence-electron chi connectivity index (χ2n) is 4.93. The van der Waals surface area contributed by atoms with E-state index in [9.17, 15) is 9.59 Å². The monoisotopic (exact) mass is 278 g/mol. The molecule has 1 aliphatic rings. The molecule has 1 amide bonds. The fourth-order valence-electron chi connectivity index (χ4n) is 2.31. The van der Waals surface area contributed by atoms with E-state index in [2.05, 4.69) is 4.98 Å². The number of aliphatic carboxylic acids is 1. The SMILES string of the molecule is Cc1ccc(C(=O)N2CCOC(CC(=O)O)C2)c(C)n1. The quantitative estimate of drug-likeness (QED) is 0.892. The van der Waals surface area contributed by atoms with Gasteiger partial charge < -0.3 is 14.7 Å². The van der Waals surface area contributed by atoms with Gasteiger partial charge in [-0.05, 0) is 26.0 Å². The number of pyridine rings is 1. The molecule has 0 aromatic carbocycles. The van der Waals surface area contributed by atoms with Gasteiger partial charge in [0.25, 0.3) is 5.91 Å². The number of amides is 1. The van der Waals surface area contributed by atoms with Crippen molar-refractivity contribution in [1.82, 2.24) is 9.88 Å². The molecule has 0 saturated carbocycles. The standard InChI is InChI=1S/C14H18N2O4/c1-9-3-4-12(10(2)15-9)14(19)16-5-6-20-11(8-16)7-13(17)18/h3-4,11H,5-8H2,1-2H3,(H,17,18). The molecule has 0 spiro atoms. The molecule has 1 fully saturated rings. The summed E-state index contributed by atoms with van der Waals surface area (Å²) >= 11 is 0. The van der Waals surface area contributed by atoms with Crippen molar-refractivity contribution in [3.8, 4) is 0 Å². The summed E-state index contributed by atoms with van der Waals surface area (Å²) in [4.78, 5) is 29.1. The highest BCUT2D eigenvalue weighted by atomic mass is 16.5. The second kappa shape index (κ2) is 6.00. The Kier molecular flexibility index (Phi) is 4.34. The van der Waals surface area contributed by atoms with Crippen LogP contribution in [0.1, 0.15) is 28.2 Å². The Morgan fingerprint density at radius 3 is 2.85 bits per heavy atom. The highest BCUT2D eigenvalue weighted by Crippen LogP contribution is 2.15.